The molecule has 0 radical (unpaired) electrons. The SMILES string of the molecule is I.NC(=NCc1ccnc(OCC(F)F)c1)N1CCN(c2nccs2)CC1. The zero-order chi connectivity index (χ0) is 18.4. The number of nitrogens with two attached hydrogens (primary N) is 1. The van der Waals surface area contributed by atoms with E-state index in [2.05, 4.69) is 19.9 Å². The molecule has 3 heterocycles. The van der Waals surface area contributed by atoms with Crippen LogP contribution in [0, 0.1) is 0 Å². The van der Waals surface area contributed by atoms with Crippen molar-refractivity contribution >= 4 is 46.4 Å². The van der Waals surface area contributed by atoms with Crippen LogP contribution in [0.4, 0.5) is 13.9 Å². The summed E-state index contributed by atoms with van der Waals surface area (Å²) in [5.74, 6) is 0.629. The smallest absolute Gasteiger partial charge is 0.272 e. The van der Waals surface area contributed by atoms with Crippen LogP contribution in [0.5, 0.6) is 5.88 Å². The second kappa shape index (κ2) is 10.5. The minimum absolute atomic E-state index is 0. The topological polar surface area (TPSA) is 79.9 Å². The fourth-order valence-corrected chi connectivity index (χ4v) is 3.24. The Hall–Kier alpha value is -1.76. The highest BCUT2D eigenvalue weighted by molar-refractivity contribution is 14.0. The third kappa shape index (κ3) is 6.41. The highest BCUT2D eigenvalue weighted by Crippen LogP contribution is 2.19. The number of pyridine rings is 1. The van der Waals surface area contributed by atoms with Crippen molar-refractivity contribution in [1.82, 2.24) is 14.9 Å². The molecular weight excluding hydrogens is 489 g/mol. The summed E-state index contributed by atoms with van der Waals surface area (Å²) in [5.41, 5.74) is 6.89. The average molecular weight is 510 g/mol. The molecule has 0 aliphatic carbocycles. The van der Waals surface area contributed by atoms with Crippen LogP contribution in [0.1, 0.15) is 5.56 Å². The maximum atomic E-state index is 12.2. The molecule has 1 saturated heterocycles. The van der Waals surface area contributed by atoms with Gasteiger partial charge in [0.15, 0.2) is 17.7 Å². The number of halogens is 3. The Balaban J connectivity index is 0.00000261. The Morgan fingerprint density at radius 1 is 1.26 bits per heavy atom. The number of ether oxygens (including phenoxy) is 1. The van der Waals surface area contributed by atoms with Gasteiger partial charge in [-0.05, 0) is 11.6 Å². The van der Waals surface area contributed by atoms with E-state index in [0.29, 0.717) is 12.5 Å². The van der Waals surface area contributed by atoms with Gasteiger partial charge < -0.3 is 20.3 Å². The number of nitrogens with zero attached hydrogens (tertiary/aromatic N) is 5. The van der Waals surface area contributed by atoms with Gasteiger partial charge in [0.25, 0.3) is 6.43 Å². The van der Waals surface area contributed by atoms with E-state index in [1.165, 1.54) is 6.20 Å². The number of thiazole rings is 1. The van der Waals surface area contributed by atoms with Crippen molar-refractivity contribution in [3.63, 3.8) is 0 Å². The van der Waals surface area contributed by atoms with Gasteiger partial charge in [-0.25, -0.2) is 23.7 Å². The molecule has 11 heteroatoms. The summed E-state index contributed by atoms with van der Waals surface area (Å²) < 4.78 is 29.3. The van der Waals surface area contributed by atoms with Crippen LogP contribution in [0.25, 0.3) is 0 Å². The molecule has 7 nitrogen and oxygen atoms in total. The summed E-state index contributed by atoms with van der Waals surface area (Å²) >= 11 is 1.62. The lowest BCUT2D eigenvalue weighted by Gasteiger charge is -2.35. The molecule has 1 aliphatic heterocycles. The van der Waals surface area contributed by atoms with Gasteiger partial charge in [0.1, 0.15) is 0 Å². The van der Waals surface area contributed by atoms with E-state index >= 15 is 0 Å². The van der Waals surface area contributed by atoms with E-state index in [1.54, 1.807) is 29.7 Å². The molecule has 0 bridgehead atoms. The van der Waals surface area contributed by atoms with Gasteiger partial charge in [0.05, 0.1) is 6.54 Å². The predicted molar refractivity (Wildman–Crippen MR) is 112 cm³/mol. The number of rotatable bonds is 6. The molecule has 148 valence electrons. The maximum Gasteiger partial charge on any atom is 0.272 e. The molecule has 1 aliphatic rings. The highest BCUT2D eigenvalue weighted by atomic mass is 127. The number of anilines is 1. The van der Waals surface area contributed by atoms with Crippen molar-refractivity contribution < 1.29 is 13.5 Å². The molecule has 27 heavy (non-hydrogen) atoms. The number of hydrogen-bond acceptors (Lipinski definition) is 6. The fraction of sp³-hybridized carbons (Fsp3) is 0.438. The maximum absolute atomic E-state index is 12.2. The third-order valence-electron chi connectivity index (χ3n) is 3.87. The zero-order valence-electron chi connectivity index (χ0n) is 14.5. The van der Waals surface area contributed by atoms with E-state index < -0.39 is 13.0 Å². The van der Waals surface area contributed by atoms with E-state index in [4.69, 9.17) is 10.5 Å². The number of aliphatic imine (C=N–C) groups is 1. The monoisotopic (exact) mass is 510 g/mol. The van der Waals surface area contributed by atoms with E-state index in [0.717, 1.165) is 36.9 Å². The molecule has 3 rings (SSSR count). The molecule has 0 aromatic carbocycles. The second-order valence-corrected chi connectivity index (χ2v) is 6.54. The summed E-state index contributed by atoms with van der Waals surface area (Å²) in [4.78, 5) is 16.9. The molecule has 1 fully saturated rings. The summed E-state index contributed by atoms with van der Waals surface area (Å²) in [6.45, 7) is 2.88. The summed E-state index contributed by atoms with van der Waals surface area (Å²) in [7, 11) is 0. The van der Waals surface area contributed by atoms with Crippen molar-refractivity contribution in [1.29, 1.82) is 0 Å². The number of aromatic nitrogens is 2. The first-order valence-electron chi connectivity index (χ1n) is 8.17. The van der Waals surface area contributed by atoms with E-state index in [-0.39, 0.29) is 29.9 Å². The number of hydrogen-bond donors (Lipinski definition) is 1. The summed E-state index contributed by atoms with van der Waals surface area (Å²) in [5, 5.41) is 2.99. The lowest BCUT2D eigenvalue weighted by atomic mass is 10.3. The first kappa shape index (κ1) is 21.5. The normalized spacial score (nSPS) is 15.0. The summed E-state index contributed by atoms with van der Waals surface area (Å²) in [6.07, 6.45) is 0.780. The molecule has 2 aromatic heterocycles. The Morgan fingerprint density at radius 2 is 2.04 bits per heavy atom. The minimum atomic E-state index is -2.53. The molecule has 0 saturated carbocycles. The van der Waals surface area contributed by atoms with Gasteiger partial charge in [-0.1, -0.05) is 0 Å². The Morgan fingerprint density at radius 3 is 2.70 bits per heavy atom. The van der Waals surface area contributed by atoms with Gasteiger partial charge >= 0.3 is 0 Å². The number of guanidine groups is 1. The molecule has 0 unspecified atom stereocenters. The summed E-state index contributed by atoms with van der Waals surface area (Å²) in [6, 6.07) is 3.35. The van der Waals surface area contributed by atoms with Gasteiger partial charge in [-0.3, -0.25) is 0 Å². The average Bonchev–Trinajstić information content (AvgIpc) is 3.20. The van der Waals surface area contributed by atoms with Crippen LogP contribution >= 0.6 is 35.3 Å². The molecule has 0 atom stereocenters. The van der Waals surface area contributed by atoms with Gasteiger partial charge in [-0.2, -0.15) is 0 Å². The number of alkyl halides is 2. The largest absolute Gasteiger partial charge is 0.472 e. The quantitative estimate of drug-likeness (QED) is 0.366. The molecule has 0 spiro atoms. The minimum Gasteiger partial charge on any atom is -0.472 e. The Labute approximate surface area is 177 Å². The van der Waals surface area contributed by atoms with Crippen LogP contribution in [-0.4, -0.2) is 60.0 Å². The van der Waals surface area contributed by atoms with Crippen LogP contribution in [0.15, 0.2) is 34.9 Å². The van der Waals surface area contributed by atoms with Gasteiger partial charge in [0.2, 0.25) is 5.88 Å². The number of piperazine rings is 1. The second-order valence-electron chi connectivity index (χ2n) is 5.67. The first-order valence-corrected chi connectivity index (χ1v) is 9.05. The first-order chi connectivity index (χ1) is 12.6. The Bertz CT molecular complexity index is 725. The standard InChI is InChI=1S/C16H20F2N6OS.HI/c17-13(18)11-25-14-9-12(1-2-20-14)10-22-15(19)23-4-6-24(7-5-23)16-21-3-8-26-16;/h1-3,8-9,13H,4-7,10-11H2,(H2,19,22);1H. The van der Waals surface area contributed by atoms with Gasteiger partial charge in [-0.15, -0.1) is 35.3 Å². The predicted octanol–water partition coefficient (Wildman–Crippen LogP) is 2.44. The van der Waals surface area contributed by atoms with Gasteiger partial charge in [0, 0.05) is 50.0 Å². The van der Waals surface area contributed by atoms with Crippen LogP contribution in [0.3, 0.4) is 0 Å². The molecule has 0 amide bonds. The molecule has 2 N–H and O–H groups in total. The van der Waals surface area contributed by atoms with E-state index in [9.17, 15) is 8.78 Å². The van der Waals surface area contributed by atoms with Crippen molar-refractivity contribution in [2.75, 3.05) is 37.7 Å². The van der Waals surface area contributed by atoms with Crippen molar-refractivity contribution in [2.24, 2.45) is 10.7 Å². The molecular formula is C16H21F2IN6OS. The van der Waals surface area contributed by atoms with E-state index in [1.807, 2.05) is 10.3 Å². The van der Waals surface area contributed by atoms with Crippen molar-refractivity contribution in [3.8, 4) is 5.88 Å². The Kier molecular flexibility index (Phi) is 8.41. The zero-order valence-corrected chi connectivity index (χ0v) is 17.6. The highest BCUT2D eigenvalue weighted by Gasteiger charge is 2.19. The fourth-order valence-electron chi connectivity index (χ4n) is 2.55. The molecule has 2 aromatic rings. The van der Waals surface area contributed by atoms with Crippen molar-refractivity contribution in [2.45, 2.75) is 13.0 Å². The third-order valence-corrected chi connectivity index (χ3v) is 4.71. The van der Waals surface area contributed by atoms with Crippen molar-refractivity contribution in [3.05, 3.63) is 35.5 Å². The van der Waals surface area contributed by atoms with Crippen LogP contribution in [0.2, 0.25) is 0 Å². The van der Waals surface area contributed by atoms with Crippen LogP contribution < -0.4 is 15.4 Å². The lowest BCUT2D eigenvalue weighted by Crippen LogP contribution is -2.51. The lowest BCUT2D eigenvalue weighted by molar-refractivity contribution is 0.0795. The van der Waals surface area contributed by atoms with Crippen LogP contribution in [-0.2, 0) is 6.54 Å².